The summed E-state index contributed by atoms with van der Waals surface area (Å²) in [6.45, 7) is 3.66. The Labute approximate surface area is 178 Å². The van der Waals surface area contributed by atoms with Crippen molar-refractivity contribution in [2.75, 3.05) is 26.8 Å². The number of hydrogen-bond acceptors (Lipinski definition) is 5. The topological polar surface area (TPSA) is 84.9 Å². The molecule has 0 fully saturated rings. The Morgan fingerprint density at radius 3 is 2.40 bits per heavy atom. The summed E-state index contributed by atoms with van der Waals surface area (Å²) in [6, 6.07) is 12.7. The van der Waals surface area contributed by atoms with Crippen molar-refractivity contribution in [3.63, 3.8) is 0 Å². The van der Waals surface area contributed by atoms with Crippen LogP contribution in [0.25, 0.3) is 0 Å². The van der Waals surface area contributed by atoms with Gasteiger partial charge in [0.15, 0.2) is 11.5 Å². The highest BCUT2D eigenvalue weighted by Crippen LogP contribution is 2.32. The SMILES string of the molecule is CCc1ccc(CN(C)C(=O)CCCNS(=O)(=O)c2ccc3c(c2)OCCO3)cc1. The van der Waals surface area contributed by atoms with Gasteiger partial charge in [-0.2, -0.15) is 0 Å². The van der Waals surface area contributed by atoms with Crippen LogP contribution in [-0.2, 0) is 27.8 Å². The van der Waals surface area contributed by atoms with Gasteiger partial charge in [-0.1, -0.05) is 31.2 Å². The highest BCUT2D eigenvalue weighted by Gasteiger charge is 2.19. The van der Waals surface area contributed by atoms with Gasteiger partial charge in [0, 0.05) is 32.6 Å². The van der Waals surface area contributed by atoms with E-state index in [9.17, 15) is 13.2 Å². The van der Waals surface area contributed by atoms with Crippen molar-refractivity contribution in [3.8, 4) is 11.5 Å². The number of benzene rings is 2. The first-order valence-corrected chi connectivity index (χ1v) is 11.6. The Balaban J connectivity index is 1.45. The molecule has 0 aromatic heterocycles. The van der Waals surface area contributed by atoms with E-state index in [0.717, 1.165) is 12.0 Å². The van der Waals surface area contributed by atoms with E-state index >= 15 is 0 Å². The summed E-state index contributed by atoms with van der Waals surface area (Å²) in [5, 5.41) is 0. The number of nitrogens with one attached hydrogen (secondary N) is 1. The molecule has 1 aliphatic rings. The summed E-state index contributed by atoms with van der Waals surface area (Å²) in [5.74, 6) is 0.944. The number of nitrogens with zero attached hydrogens (tertiary/aromatic N) is 1. The maximum absolute atomic E-state index is 12.5. The highest BCUT2D eigenvalue weighted by atomic mass is 32.2. The van der Waals surface area contributed by atoms with E-state index in [0.29, 0.717) is 37.7 Å². The van der Waals surface area contributed by atoms with Gasteiger partial charge in [0.05, 0.1) is 4.90 Å². The molecule has 1 N–H and O–H groups in total. The molecule has 0 spiro atoms. The molecular weight excluding hydrogens is 404 g/mol. The molecule has 7 nitrogen and oxygen atoms in total. The third kappa shape index (κ3) is 5.73. The summed E-state index contributed by atoms with van der Waals surface area (Å²) in [4.78, 5) is 14.1. The molecule has 2 aromatic carbocycles. The lowest BCUT2D eigenvalue weighted by Crippen LogP contribution is -2.29. The van der Waals surface area contributed by atoms with Gasteiger partial charge in [0.2, 0.25) is 15.9 Å². The number of carbonyl (C=O) groups is 1. The van der Waals surface area contributed by atoms with Crippen molar-refractivity contribution in [3.05, 3.63) is 53.6 Å². The van der Waals surface area contributed by atoms with E-state index in [1.807, 2.05) is 12.1 Å². The zero-order valence-electron chi connectivity index (χ0n) is 17.4. The van der Waals surface area contributed by atoms with Gasteiger partial charge in [-0.15, -0.1) is 0 Å². The Kier molecular flexibility index (Phi) is 7.33. The molecule has 3 rings (SSSR count). The first-order chi connectivity index (χ1) is 14.4. The molecule has 1 aliphatic heterocycles. The van der Waals surface area contributed by atoms with Crippen LogP contribution in [0.3, 0.4) is 0 Å². The molecule has 30 heavy (non-hydrogen) atoms. The third-order valence-corrected chi connectivity index (χ3v) is 6.42. The minimum atomic E-state index is -3.68. The minimum absolute atomic E-state index is 0.0203. The van der Waals surface area contributed by atoms with Crippen LogP contribution in [0.4, 0.5) is 0 Å². The van der Waals surface area contributed by atoms with Crippen LogP contribution in [0.5, 0.6) is 11.5 Å². The molecule has 0 bridgehead atoms. The molecule has 0 radical (unpaired) electrons. The second-order valence-corrected chi connectivity index (χ2v) is 8.99. The maximum Gasteiger partial charge on any atom is 0.240 e. The molecule has 0 saturated carbocycles. The molecular formula is C22H28N2O5S. The predicted octanol–water partition coefficient (Wildman–Crippen LogP) is 2.74. The van der Waals surface area contributed by atoms with Crippen LogP contribution in [0, 0.1) is 0 Å². The fourth-order valence-electron chi connectivity index (χ4n) is 3.15. The van der Waals surface area contributed by atoms with Gasteiger partial charge < -0.3 is 14.4 Å². The Bertz CT molecular complexity index is 974. The normalized spacial score (nSPS) is 13.1. The largest absolute Gasteiger partial charge is 0.486 e. The molecule has 0 atom stereocenters. The van der Waals surface area contributed by atoms with Crippen LogP contribution < -0.4 is 14.2 Å². The van der Waals surface area contributed by atoms with Crippen molar-refractivity contribution in [1.82, 2.24) is 9.62 Å². The number of aryl methyl sites for hydroxylation is 1. The fourth-order valence-corrected chi connectivity index (χ4v) is 4.24. The molecule has 1 heterocycles. The number of ether oxygens (including phenoxy) is 2. The van der Waals surface area contributed by atoms with Gasteiger partial charge in [-0.25, -0.2) is 13.1 Å². The van der Waals surface area contributed by atoms with Gasteiger partial charge in [0.1, 0.15) is 13.2 Å². The minimum Gasteiger partial charge on any atom is -0.486 e. The zero-order valence-corrected chi connectivity index (χ0v) is 18.2. The highest BCUT2D eigenvalue weighted by molar-refractivity contribution is 7.89. The van der Waals surface area contributed by atoms with Crippen molar-refractivity contribution >= 4 is 15.9 Å². The van der Waals surface area contributed by atoms with Crippen LogP contribution >= 0.6 is 0 Å². The van der Waals surface area contributed by atoms with Crippen molar-refractivity contribution in [2.24, 2.45) is 0 Å². The number of carbonyl (C=O) groups excluding carboxylic acids is 1. The molecule has 0 aliphatic carbocycles. The Morgan fingerprint density at radius 2 is 1.70 bits per heavy atom. The fraction of sp³-hybridized carbons (Fsp3) is 0.409. The first kappa shape index (κ1) is 22.1. The number of sulfonamides is 1. The summed E-state index contributed by atoms with van der Waals surface area (Å²) < 4.78 is 38.4. The van der Waals surface area contributed by atoms with Crippen LogP contribution in [-0.4, -0.2) is 46.0 Å². The van der Waals surface area contributed by atoms with E-state index in [1.54, 1.807) is 18.0 Å². The van der Waals surface area contributed by atoms with Gasteiger partial charge in [0.25, 0.3) is 0 Å². The Morgan fingerprint density at radius 1 is 1.03 bits per heavy atom. The quantitative estimate of drug-likeness (QED) is 0.616. The third-order valence-electron chi connectivity index (χ3n) is 4.96. The van der Waals surface area contributed by atoms with Crippen LogP contribution in [0.2, 0.25) is 0 Å². The summed E-state index contributed by atoms with van der Waals surface area (Å²) >= 11 is 0. The van der Waals surface area contributed by atoms with E-state index in [1.165, 1.54) is 17.7 Å². The Hall–Kier alpha value is -2.58. The zero-order chi connectivity index (χ0) is 21.6. The number of amides is 1. The average molecular weight is 433 g/mol. The number of fused-ring (bicyclic) bond motifs is 1. The first-order valence-electron chi connectivity index (χ1n) is 10.1. The van der Waals surface area contributed by atoms with Crippen molar-refractivity contribution in [1.29, 1.82) is 0 Å². The second-order valence-electron chi connectivity index (χ2n) is 7.23. The number of hydrogen-bond donors (Lipinski definition) is 1. The van der Waals surface area contributed by atoms with Gasteiger partial charge >= 0.3 is 0 Å². The number of rotatable bonds is 9. The van der Waals surface area contributed by atoms with Crippen molar-refractivity contribution in [2.45, 2.75) is 37.6 Å². The summed E-state index contributed by atoms with van der Waals surface area (Å²) in [5.41, 5.74) is 2.33. The summed E-state index contributed by atoms with van der Waals surface area (Å²) in [6.07, 6.45) is 1.67. The monoisotopic (exact) mass is 432 g/mol. The smallest absolute Gasteiger partial charge is 0.240 e. The lowest BCUT2D eigenvalue weighted by atomic mass is 10.1. The molecule has 162 valence electrons. The molecule has 2 aromatic rings. The van der Waals surface area contributed by atoms with Gasteiger partial charge in [-0.3, -0.25) is 4.79 Å². The van der Waals surface area contributed by atoms with E-state index < -0.39 is 10.0 Å². The lowest BCUT2D eigenvalue weighted by molar-refractivity contribution is -0.130. The van der Waals surface area contributed by atoms with E-state index in [-0.39, 0.29) is 23.8 Å². The standard InChI is InChI=1S/C22H28N2O5S/c1-3-17-6-8-18(9-7-17)16-24(2)22(25)5-4-12-23-30(26,27)19-10-11-20-21(15-19)29-14-13-28-20/h6-11,15,23H,3-5,12-14,16H2,1-2H3. The van der Waals surface area contributed by atoms with Crippen LogP contribution in [0.15, 0.2) is 47.4 Å². The van der Waals surface area contributed by atoms with Gasteiger partial charge in [-0.05, 0) is 36.1 Å². The van der Waals surface area contributed by atoms with Crippen LogP contribution in [0.1, 0.15) is 30.9 Å². The summed E-state index contributed by atoms with van der Waals surface area (Å²) in [7, 11) is -1.92. The molecule has 0 saturated heterocycles. The average Bonchev–Trinajstić information content (AvgIpc) is 2.76. The molecule has 0 unspecified atom stereocenters. The second kappa shape index (κ2) is 9.95. The maximum atomic E-state index is 12.5. The van der Waals surface area contributed by atoms with E-state index in [4.69, 9.17) is 9.47 Å². The predicted molar refractivity (Wildman–Crippen MR) is 114 cm³/mol. The molecule has 1 amide bonds. The lowest BCUT2D eigenvalue weighted by Gasteiger charge is -2.19. The molecule has 8 heteroatoms. The van der Waals surface area contributed by atoms with Crippen molar-refractivity contribution < 1.29 is 22.7 Å². The van der Waals surface area contributed by atoms with E-state index in [2.05, 4.69) is 23.8 Å².